The minimum Gasteiger partial charge on any atom is -0.497 e. The number of hydrogen-bond acceptors (Lipinski definition) is 6. The number of fused-ring (bicyclic) bond motifs is 1. The van der Waals surface area contributed by atoms with Crippen molar-refractivity contribution < 1.29 is 4.74 Å². The highest BCUT2D eigenvalue weighted by Crippen LogP contribution is 2.37. The van der Waals surface area contributed by atoms with Gasteiger partial charge in [0.05, 0.1) is 26.9 Å². The number of thioether (sulfide) groups is 1. The molecule has 0 aliphatic rings. The predicted octanol–water partition coefficient (Wildman–Crippen LogP) is 6.67. The third-order valence-corrected chi connectivity index (χ3v) is 6.86. The Bertz CT molecular complexity index is 1150. The molecule has 4 aromatic rings. The maximum atomic E-state index is 6.12. The summed E-state index contributed by atoms with van der Waals surface area (Å²) in [6, 6.07) is 13.5. The lowest BCUT2D eigenvalue weighted by atomic mass is 10.1. The van der Waals surface area contributed by atoms with Crippen molar-refractivity contribution in [3.8, 4) is 17.0 Å². The molecule has 0 fully saturated rings. The van der Waals surface area contributed by atoms with E-state index in [1.807, 2.05) is 43.3 Å². The first-order valence-corrected chi connectivity index (χ1v) is 11.0. The molecular weight excluding hydrogens is 433 g/mol. The largest absolute Gasteiger partial charge is 0.497 e. The van der Waals surface area contributed by atoms with E-state index in [1.54, 1.807) is 36.3 Å². The van der Waals surface area contributed by atoms with Crippen LogP contribution in [0.1, 0.15) is 10.6 Å². The van der Waals surface area contributed by atoms with Crippen LogP contribution in [0.4, 0.5) is 0 Å². The molecule has 0 N–H and O–H groups in total. The van der Waals surface area contributed by atoms with E-state index in [1.165, 1.54) is 0 Å². The maximum Gasteiger partial charge on any atom is 0.146 e. The second-order valence-electron chi connectivity index (χ2n) is 6.03. The second kappa shape index (κ2) is 8.25. The quantitative estimate of drug-likeness (QED) is 0.319. The van der Waals surface area contributed by atoms with Crippen LogP contribution in [-0.2, 0) is 5.75 Å². The van der Waals surface area contributed by atoms with Gasteiger partial charge in [-0.15, -0.1) is 21.5 Å². The second-order valence-corrected chi connectivity index (χ2v) is 9.01. The van der Waals surface area contributed by atoms with E-state index in [0.717, 1.165) is 42.8 Å². The van der Waals surface area contributed by atoms with Crippen LogP contribution < -0.4 is 4.74 Å². The summed E-state index contributed by atoms with van der Waals surface area (Å²) in [5.41, 5.74) is 3.78. The number of halogens is 2. The van der Waals surface area contributed by atoms with Crippen molar-refractivity contribution in [1.82, 2.24) is 15.2 Å². The summed E-state index contributed by atoms with van der Waals surface area (Å²) in [5, 5.41) is 11.9. The lowest BCUT2D eigenvalue weighted by molar-refractivity contribution is 0.415. The summed E-state index contributed by atoms with van der Waals surface area (Å²) >= 11 is 15.3. The highest BCUT2D eigenvalue weighted by Gasteiger charge is 2.16. The Morgan fingerprint density at radius 1 is 1.04 bits per heavy atom. The molecular formula is C20H15Cl2N3OS2. The molecule has 4 rings (SSSR count). The first kappa shape index (κ1) is 19.5. The van der Waals surface area contributed by atoms with Crippen molar-refractivity contribution >= 4 is 56.5 Å². The first-order chi connectivity index (χ1) is 13.5. The van der Waals surface area contributed by atoms with E-state index in [0.29, 0.717) is 15.8 Å². The maximum absolute atomic E-state index is 6.12. The fourth-order valence-corrected chi connectivity index (χ4v) is 4.91. The number of thiazole rings is 1. The molecule has 0 bridgehead atoms. The van der Waals surface area contributed by atoms with Crippen molar-refractivity contribution in [3.63, 3.8) is 0 Å². The molecule has 0 aliphatic carbocycles. The molecule has 0 saturated heterocycles. The standard InChI is InChI=1S/C20H15Cl2N3OS2/c1-11-23-18-19(28-11)17(13-4-6-14(26-2)7-5-13)24-25-20(18)27-10-12-3-8-15(21)16(22)9-12/h3-9H,10H2,1-2H3. The van der Waals surface area contributed by atoms with Gasteiger partial charge in [-0.05, 0) is 48.9 Å². The van der Waals surface area contributed by atoms with Crippen LogP contribution in [-0.4, -0.2) is 22.3 Å². The molecule has 0 spiro atoms. The third-order valence-electron chi connectivity index (χ3n) is 4.12. The summed E-state index contributed by atoms with van der Waals surface area (Å²) in [5.74, 6) is 1.52. The van der Waals surface area contributed by atoms with Crippen molar-refractivity contribution in [2.24, 2.45) is 0 Å². The van der Waals surface area contributed by atoms with Gasteiger partial charge in [0.15, 0.2) is 0 Å². The number of benzene rings is 2. The van der Waals surface area contributed by atoms with Crippen LogP contribution in [0.15, 0.2) is 47.5 Å². The third kappa shape index (κ3) is 3.96. The Morgan fingerprint density at radius 3 is 2.54 bits per heavy atom. The highest BCUT2D eigenvalue weighted by atomic mass is 35.5. The van der Waals surface area contributed by atoms with Gasteiger partial charge in [0.1, 0.15) is 22.0 Å². The molecule has 2 aromatic carbocycles. The molecule has 2 aromatic heterocycles. The zero-order valence-electron chi connectivity index (χ0n) is 15.1. The topological polar surface area (TPSA) is 47.9 Å². The van der Waals surface area contributed by atoms with Crippen LogP contribution in [0.3, 0.4) is 0 Å². The summed E-state index contributed by atoms with van der Waals surface area (Å²) in [6.45, 7) is 2.00. The Hall–Kier alpha value is -1.86. The zero-order chi connectivity index (χ0) is 19.7. The van der Waals surface area contributed by atoms with Gasteiger partial charge >= 0.3 is 0 Å². The van der Waals surface area contributed by atoms with Crippen LogP contribution in [0.25, 0.3) is 21.5 Å². The number of rotatable bonds is 5. The minimum atomic E-state index is 0.551. The van der Waals surface area contributed by atoms with Gasteiger partial charge in [0.25, 0.3) is 0 Å². The first-order valence-electron chi connectivity index (χ1n) is 8.40. The number of aromatic nitrogens is 3. The van der Waals surface area contributed by atoms with E-state index >= 15 is 0 Å². The summed E-state index contributed by atoms with van der Waals surface area (Å²) < 4.78 is 6.28. The van der Waals surface area contributed by atoms with Crippen LogP contribution in [0, 0.1) is 6.92 Å². The molecule has 142 valence electrons. The average molecular weight is 448 g/mol. The average Bonchev–Trinajstić information content (AvgIpc) is 3.10. The predicted molar refractivity (Wildman–Crippen MR) is 118 cm³/mol. The van der Waals surface area contributed by atoms with E-state index in [2.05, 4.69) is 10.2 Å². The number of nitrogens with zero attached hydrogens (tertiary/aromatic N) is 3. The van der Waals surface area contributed by atoms with Gasteiger partial charge in [-0.3, -0.25) is 0 Å². The van der Waals surface area contributed by atoms with Gasteiger partial charge < -0.3 is 4.74 Å². The van der Waals surface area contributed by atoms with Crippen molar-refractivity contribution in [2.75, 3.05) is 7.11 Å². The lowest BCUT2D eigenvalue weighted by Gasteiger charge is -2.07. The van der Waals surface area contributed by atoms with Crippen molar-refractivity contribution in [1.29, 1.82) is 0 Å². The number of hydrogen-bond donors (Lipinski definition) is 0. The Kier molecular flexibility index (Phi) is 5.73. The van der Waals surface area contributed by atoms with Crippen LogP contribution >= 0.6 is 46.3 Å². The Balaban J connectivity index is 1.67. The van der Waals surface area contributed by atoms with Gasteiger partial charge in [-0.2, -0.15) is 0 Å². The van der Waals surface area contributed by atoms with Crippen LogP contribution in [0.2, 0.25) is 10.0 Å². The van der Waals surface area contributed by atoms with Crippen molar-refractivity contribution in [2.45, 2.75) is 17.7 Å². The van der Waals surface area contributed by atoms with Gasteiger partial charge in [0, 0.05) is 11.3 Å². The Morgan fingerprint density at radius 2 is 1.82 bits per heavy atom. The summed E-state index contributed by atoms with van der Waals surface area (Å²) in [4.78, 5) is 4.70. The molecule has 4 nitrogen and oxygen atoms in total. The zero-order valence-corrected chi connectivity index (χ0v) is 18.2. The molecule has 28 heavy (non-hydrogen) atoms. The summed E-state index contributed by atoms with van der Waals surface area (Å²) in [6.07, 6.45) is 0. The molecule has 0 radical (unpaired) electrons. The van der Waals surface area contributed by atoms with E-state index in [-0.39, 0.29) is 0 Å². The molecule has 0 amide bonds. The monoisotopic (exact) mass is 447 g/mol. The summed E-state index contributed by atoms with van der Waals surface area (Å²) in [7, 11) is 1.65. The molecule has 8 heteroatoms. The SMILES string of the molecule is COc1ccc(-c2nnc(SCc3ccc(Cl)c(Cl)c3)c3nc(C)sc23)cc1. The fourth-order valence-electron chi connectivity index (χ4n) is 2.74. The Labute approximate surface area is 180 Å². The minimum absolute atomic E-state index is 0.551. The molecule has 0 saturated carbocycles. The molecule has 0 atom stereocenters. The highest BCUT2D eigenvalue weighted by molar-refractivity contribution is 7.98. The van der Waals surface area contributed by atoms with Gasteiger partial charge in [0.2, 0.25) is 0 Å². The number of methoxy groups -OCH3 is 1. The fraction of sp³-hybridized carbons (Fsp3) is 0.150. The number of aryl methyl sites for hydroxylation is 1. The van der Waals surface area contributed by atoms with Crippen molar-refractivity contribution in [3.05, 3.63) is 63.1 Å². The molecule has 0 unspecified atom stereocenters. The van der Waals surface area contributed by atoms with Crippen LogP contribution in [0.5, 0.6) is 5.75 Å². The smallest absolute Gasteiger partial charge is 0.146 e. The van der Waals surface area contributed by atoms with Gasteiger partial charge in [-0.1, -0.05) is 41.0 Å². The molecule has 2 heterocycles. The lowest BCUT2D eigenvalue weighted by Crippen LogP contribution is -1.93. The number of ether oxygens (including phenoxy) is 1. The molecule has 0 aliphatic heterocycles. The van der Waals surface area contributed by atoms with E-state index < -0.39 is 0 Å². The van der Waals surface area contributed by atoms with E-state index in [9.17, 15) is 0 Å². The van der Waals surface area contributed by atoms with Gasteiger partial charge in [-0.25, -0.2) is 4.98 Å². The normalized spacial score (nSPS) is 11.1. The van der Waals surface area contributed by atoms with E-state index in [4.69, 9.17) is 32.9 Å².